The van der Waals surface area contributed by atoms with Crippen molar-refractivity contribution in [2.45, 2.75) is 77.2 Å². The predicted molar refractivity (Wildman–Crippen MR) is 70.3 cm³/mol. The smallest absolute Gasteiger partial charge is 0.00698 e. The lowest BCUT2D eigenvalue weighted by Gasteiger charge is -2.32. The summed E-state index contributed by atoms with van der Waals surface area (Å²) in [7, 11) is 0. The molecule has 2 aliphatic rings. The van der Waals surface area contributed by atoms with Crippen molar-refractivity contribution < 1.29 is 0 Å². The van der Waals surface area contributed by atoms with Gasteiger partial charge in [-0.15, -0.1) is 0 Å². The minimum absolute atomic E-state index is 0.515. The van der Waals surface area contributed by atoms with E-state index in [-0.39, 0.29) is 0 Å². The Labute approximate surface area is 101 Å². The Morgan fingerprint density at radius 3 is 2.12 bits per heavy atom. The molecule has 0 radical (unpaired) electrons. The Kier molecular flexibility index (Phi) is 4.69. The third-order valence-electron chi connectivity index (χ3n) is 5.15. The van der Waals surface area contributed by atoms with E-state index in [0.29, 0.717) is 6.04 Å². The third kappa shape index (κ3) is 3.23. The van der Waals surface area contributed by atoms with Crippen molar-refractivity contribution in [3.8, 4) is 0 Å². The molecule has 0 heterocycles. The summed E-state index contributed by atoms with van der Waals surface area (Å²) in [5, 5.41) is 0. The summed E-state index contributed by atoms with van der Waals surface area (Å²) < 4.78 is 0. The molecule has 0 aromatic heterocycles. The first-order valence-electron chi connectivity index (χ1n) is 7.55. The highest BCUT2D eigenvalue weighted by molar-refractivity contribution is 4.82. The van der Waals surface area contributed by atoms with Crippen molar-refractivity contribution in [1.29, 1.82) is 0 Å². The first-order chi connectivity index (χ1) is 7.79. The first-order valence-corrected chi connectivity index (χ1v) is 7.55. The Bertz CT molecular complexity index is 188. The molecular weight excluding hydrogens is 194 g/mol. The summed E-state index contributed by atoms with van der Waals surface area (Å²) in [6.45, 7) is 2.34. The van der Waals surface area contributed by atoms with Crippen LogP contribution in [0.5, 0.6) is 0 Å². The van der Waals surface area contributed by atoms with Crippen LogP contribution in [0, 0.1) is 17.8 Å². The summed E-state index contributed by atoms with van der Waals surface area (Å²) in [5.74, 6) is 2.83. The molecule has 2 rings (SSSR count). The minimum atomic E-state index is 0.515. The van der Waals surface area contributed by atoms with Crippen LogP contribution in [-0.4, -0.2) is 6.04 Å². The SMILES string of the molecule is CCC1CCC(C(N)CC2CCCC2)CC1. The molecule has 0 aromatic carbocycles. The quantitative estimate of drug-likeness (QED) is 0.762. The van der Waals surface area contributed by atoms with Gasteiger partial charge in [0.1, 0.15) is 0 Å². The topological polar surface area (TPSA) is 26.0 Å². The number of hydrogen-bond donors (Lipinski definition) is 1. The van der Waals surface area contributed by atoms with Gasteiger partial charge in [-0.25, -0.2) is 0 Å². The highest BCUT2D eigenvalue weighted by Gasteiger charge is 2.27. The number of nitrogens with two attached hydrogens (primary N) is 1. The zero-order chi connectivity index (χ0) is 11.4. The molecule has 1 heteroatoms. The molecule has 94 valence electrons. The molecule has 2 fully saturated rings. The minimum Gasteiger partial charge on any atom is -0.327 e. The largest absolute Gasteiger partial charge is 0.327 e. The van der Waals surface area contributed by atoms with Gasteiger partial charge in [-0.3, -0.25) is 0 Å². The normalized spacial score (nSPS) is 34.1. The molecule has 0 saturated heterocycles. The van der Waals surface area contributed by atoms with Crippen molar-refractivity contribution in [2.24, 2.45) is 23.5 Å². The van der Waals surface area contributed by atoms with E-state index >= 15 is 0 Å². The van der Waals surface area contributed by atoms with Crippen LogP contribution in [0.15, 0.2) is 0 Å². The van der Waals surface area contributed by atoms with Crippen molar-refractivity contribution in [1.82, 2.24) is 0 Å². The molecule has 0 amide bonds. The lowest BCUT2D eigenvalue weighted by molar-refractivity contribution is 0.220. The van der Waals surface area contributed by atoms with E-state index < -0.39 is 0 Å². The highest BCUT2D eigenvalue weighted by atomic mass is 14.7. The average molecular weight is 223 g/mol. The average Bonchev–Trinajstić information content (AvgIpc) is 2.82. The van der Waals surface area contributed by atoms with Crippen LogP contribution in [0.4, 0.5) is 0 Å². The third-order valence-corrected chi connectivity index (χ3v) is 5.15. The van der Waals surface area contributed by atoms with Crippen LogP contribution in [-0.2, 0) is 0 Å². The van der Waals surface area contributed by atoms with Gasteiger partial charge in [0.15, 0.2) is 0 Å². The second kappa shape index (κ2) is 6.05. The second-order valence-electron chi connectivity index (χ2n) is 6.24. The molecule has 0 spiro atoms. The molecular formula is C15H29N. The van der Waals surface area contributed by atoms with Gasteiger partial charge in [-0.05, 0) is 37.0 Å². The molecule has 1 unspecified atom stereocenters. The van der Waals surface area contributed by atoms with Crippen molar-refractivity contribution in [2.75, 3.05) is 0 Å². The number of hydrogen-bond acceptors (Lipinski definition) is 1. The molecule has 0 aromatic rings. The van der Waals surface area contributed by atoms with Gasteiger partial charge in [-0.2, -0.15) is 0 Å². The lowest BCUT2D eigenvalue weighted by Crippen LogP contribution is -2.34. The summed E-state index contributed by atoms with van der Waals surface area (Å²) in [5.41, 5.74) is 6.42. The lowest BCUT2D eigenvalue weighted by atomic mass is 9.76. The molecule has 0 aliphatic heterocycles. The van der Waals surface area contributed by atoms with Crippen LogP contribution in [0.3, 0.4) is 0 Å². The number of rotatable bonds is 4. The van der Waals surface area contributed by atoms with Crippen LogP contribution in [0.1, 0.15) is 71.1 Å². The van der Waals surface area contributed by atoms with E-state index in [1.165, 1.54) is 64.2 Å². The molecule has 2 aliphatic carbocycles. The van der Waals surface area contributed by atoms with Crippen molar-refractivity contribution in [3.05, 3.63) is 0 Å². The van der Waals surface area contributed by atoms with E-state index in [4.69, 9.17) is 5.73 Å². The van der Waals surface area contributed by atoms with E-state index in [0.717, 1.165) is 17.8 Å². The van der Waals surface area contributed by atoms with E-state index in [1.54, 1.807) is 0 Å². The van der Waals surface area contributed by atoms with Crippen LogP contribution in [0.2, 0.25) is 0 Å². The maximum atomic E-state index is 6.42. The summed E-state index contributed by atoms with van der Waals surface area (Å²) in [4.78, 5) is 0. The van der Waals surface area contributed by atoms with Crippen LogP contribution < -0.4 is 5.73 Å². The Balaban J connectivity index is 1.70. The fourth-order valence-corrected chi connectivity index (χ4v) is 3.85. The van der Waals surface area contributed by atoms with Gasteiger partial charge < -0.3 is 5.73 Å². The van der Waals surface area contributed by atoms with Crippen molar-refractivity contribution >= 4 is 0 Å². The van der Waals surface area contributed by atoms with Crippen LogP contribution >= 0.6 is 0 Å². The molecule has 0 bridgehead atoms. The van der Waals surface area contributed by atoms with Gasteiger partial charge in [0.25, 0.3) is 0 Å². The first kappa shape index (κ1) is 12.4. The summed E-state index contributed by atoms with van der Waals surface area (Å²) in [6.07, 6.45) is 14.2. The molecule has 16 heavy (non-hydrogen) atoms. The molecule has 2 N–H and O–H groups in total. The van der Waals surface area contributed by atoms with Gasteiger partial charge in [0.05, 0.1) is 0 Å². The second-order valence-corrected chi connectivity index (χ2v) is 6.24. The van der Waals surface area contributed by atoms with Gasteiger partial charge >= 0.3 is 0 Å². The molecule has 1 nitrogen and oxygen atoms in total. The van der Waals surface area contributed by atoms with Gasteiger partial charge in [0, 0.05) is 6.04 Å². The summed E-state index contributed by atoms with van der Waals surface area (Å²) in [6, 6.07) is 0.515. The monoisotopic (exact) mass is 223 g/mol. The fourth-order valence-electron chi connectivity index (χ4n) is 3.85. The standard InChI is InChI=1S/C15H29N/c1-2-12-7-9-14(10-8-12)15(16)11-13-5-3-4-6-13/h12-15H,2-11,16H2,1H3. The van der Waals surface area contributed by atoms with E-state index in [2.05, 4.69) is 6.92 Å². The maximum absolute atomic E-state index is 6.42. The zero-order valence-corrected chi connectivity index (χ0v) is 11.0. The van der Waals surface area contributed by atoms with Gasteiger partial charge in [0.2, 0.25) is 0 Å². The van der Waals surface area contributed by atoms with E-state index in [9.17, 15) is 0 Å². The Morgan fingerprint density at radius 2 is 1.56 bits per heavy atom. The predicted octanol–water partition coefficient (Wildman–Crippen LogP) is 4.11. The Hall–Kier alpha value is -0.0400. The van der Waals surface area contributed by atoms with Gasteiger partial charge in [-0.1, -0.05) is 51.9 Å². The summed E-state index contributed by atoms with van der Waals surface area (Å²) >= 11 is 0. The van der Waals surface area contributed by atoms with Crippen LogP contribution in [0.25, 0.3) is 0 Å². The zero-order valence-electron chi connectivity index (χ0n) is 11.0. The Morgan fingerprint density at radius 1 is 0.938 bits per heavy atom. The molecule has 1 atom stereocenters. The molecule has 2 saturated carbocycles. The van der Waals surface area contributed by atoms with E-state index in [1.807, 2.05) is 0 Å². The highest BCUT2D eigenvalue weighted by Crippen LogP contribution is 2.35. The van der Waals surface area contributed by atoms with Crippen molar-refractivity contribution in [3.63, 3.8) is 0 Å². The fraction of sp³-hybridized carbons (Fsp3) is 1.00. The maximum Gasteiger partial charge on any atom is 0.00698 e.